The fraction of sp³-hybridized carbons (Fsp3) is 0.400. The summed E-state index contributed by atoms with van der Waals surface area (Å²) in [5.74, 6) is 0.455. The van der Waals surface area contributed by atoms with Crippen molar-refractivity contribution in [3.63, 3.8) is 0 Å². The molecule has 1 N–H and O–H groups in total. The molecule has 0 radical (unpaired) electrons. The Morgan fingerprint density at radius 1 is 1.31 bits per heavy atom. The molecule has 0 aromatic heterocycles. The van der Waals surface area contributed by atoms with Crippen molar-refractivity contribution < 1.29 is 4.39 Å². The molecule has 2 atom stereocenters. The normalized spacial score (nSPS) is 25.1. The second kappa shape index (κ2) is 4.07. The Hall–Kier alpha value is -0.600. The van der Waals surface area contributed by atoms with Crippen LogP contribution in [0.2, 0.25) is 0 Å². The van der Waals surface area contributed by atoms with Crippen LogP contribution in [-0.4, -0.2) is 13.1 Å². The number of hydrogen-bond acceptors (Lipinski definition) is 1. The van der Waals surface area contributed by atoms with E-state index in [4.69, 9.17) is 0 Å². The van der Waals surface area contributed by atoms with E-state index in [0.717, 1.165) is 0 Å². The van der Waals surface area contributed by atoms with Gasteiger partial charge in [0.25, 0.3) is 0 Å². The summed E-state index contributed by atoms with van der Waals surface area (Å²) in [5, 5.41) is 3.21. The number of hydrogen-bond donors (Lipinski definition) is 1. The molecule has 0 bridgehead atoms. The zero-order chi connectivity index (χ0) is 8.55. The van der Waals surface area contributed by atoms with Gasteiger partial charge in [-0.15, -0.1) is 12.4 Å². The van der Waals surface area contributed by atoms with Crippen LogP contribution < -0.4 is 5.32 Å². The number of benzene rings is 1. The summed E-state index contributed by atoms with van der Waals surface area (Å²) < 4.78 is 12.5. The molecule has 1 fully saturated rings. The molecular formula is C10H13ClFN. The fourth-order valence-electron chi connectivity index (χ4n) is 1.59. The lowest BCUT2D eigenvalue weighted by Gasteiger charge is -1.98. The molecular weight excluding hydrogens is 189 g/mol. The van der Waals surface area contributed by atoms with Crippen LogP contribution in [0.1, 0.15) is 17.9 Å². The molecule has 1 nitrogen and oxygen atoms in total. The van der Waals surface area contributed by atoms with Crippen molar-refractivity contribution in [2.75, 3.05) is 7.05 Å². The molecule has 0 heterocycles. The third kappa shape index (κ3) is 2.20. The number of nitrogens with one attached hydrogen (secondary N) is 1. The van der Waals surface area contributed by atoms with Crippen LogP contribution in [0, 0.1) is 5.82 Å². The average Bonchev–Trinajstić information content (AvgIpc) is 2.85. The quantitative estimate of drug-likeness (QED) is 0.775. The number of likely N-dealkylation sites (N-methyl/N-ethyl adjacent to an activating group) is 1. The Kier molecular flexibility index (Phi) is 3.28. The van der Waals surface area contributed by atoms with Crippen LogP contribution in [0.3, 0.4) is 0 Å². The Morgan fingerprint density at radius 2 is 1.92 bits per heavy atom. The molecule has 0 aliphatic heterocycles. The maximum Gasteiger partial charge on any atom is 0.123 e. The van der Waals surface area contributed by atoms with E-state index in [0.29, 0.717) is 12.0 Å². The van der Waals surface area contributed by atoms with Gasteiger partial charge in [0.05, 0.1) is 0 Å². The molecule has 0 saturated heterocycles. The van der Waals surface area contributed by atoms with Crippen molar-refractivity contribution in [3.8, 4) is 0 Å². The summed E-state index contributed by atoms with van der Waals surface area (Å²) in [6.07, 6.45) is 1.18. The minimum Gasteiger partial charge on any atom is -0.316 e. The highest BCUT2D eigenvalue weighted by molar-refractivity contribution is 5.85. The Labute approximate surface area is 83.8 Å². The zero-order valence-corrected chi connectivity index (χ0v) is 8.27. The van der Waals surface area contributed by atoms with Crippen molar-refractivity contribution in [3.05, 3.63) is 35.6 Å². The van der Waals surface area contributed by atoms with Crippen LogP contribution in [0.15, 0.2) is 24.3 Å². The van der Waals surface area contributed by atoms with E-state index in [9.17, 15) is 4.39 Å². The van der Waals surface area contributed by atoms with Gasteiger partial charge in [-0.2, -0.15) is 0 Å². The van der Waals surface area contributed by atoms with E-state index in [2.05, 4.69) is 5.32 Å². The van der Waals surface area contributed by atoms with Crippen molar-refractivity contribution in [2.24, 2.45) is 0 Å². The van der Waals surface area contributed by atoms with Gasteiger partial charge in [0.2, 0.25) is 0 Å². The second-order valence-electron chi connectivity index (χ2n) is 3.29. The van der Waals surface area contributed by atoms with Crippen molar-refractivity contribution in [2.45, 2.75) is 18.4 Å². The Bertz CT molecular complexity index is 273. The Balaban J connectivity index is 0.000000845. The molecule has 1 aromatic carbocycles. The topological polar surface area (TPSA) is 12.0 Å². The van der Waals surface area contributed by atoms with Gasteiger partial charge in [-0.3, -0.25) is 0 Å². The molecule has 0 amide bonds. The summed E-state index contributed by atoms with van der Waals surface area (Å²) in [6, 6.07) is 7.41. The van der Waals surface area contributed by atoms with Gasteiger partial charge >= 0.3 is 0 Å². The zero-order valence-electron chi connectivity index (χ0n) is 7.46. The van der Waals surface area contributed by atoms with Crippen LogP contribution in [-0.2, 0) is 0 Å². The third-order valence-electron chi connectivity index (χ3n) is 2.46. The van der Waals surface area contributed by atoms with E-state index in [1.165, 1.54) is 24.1 Å². The maximum absolute atomic E-state index is 12.5. The van der Waals surface area contributed by atoms with Crippen molar-refractivity contribution >= 4 is 12.4 Å². The lowest BCUT2D eigenvalue weighted by atomic mass is 10.1. The highest BCUT2D eigenvalue weighted by Crippen LogP contribution is 2.40. The molecule has 72 valence electrons. The molecule has 0 spiro atoms. The first-order valence-corrected chi connectivity index (χ1v) is 4.24. The lowest BCUT2D eigenvalue weighted by molar-refractivity contribution is 0.627. The van der Waals surface area contributed by atoms with Crippen LogP contribution in [0.25, 0.3) is 0 Å². The van der Waals surface area contributed by atoms with Gasteiger partial charge in [0.15, 0.2) is 0 Å². The monoisotopic (exact) mass is 201 g/mol. The van der Waals surface area contributed by atoms with Gasteiger partial charge < -0.3 is 5.32 Å². The van der Waals surface area contributed by atoms with E-state index in [1.807, 2.05) is 19.2 Å². The summed E-state index contributed by atoms with van der Waals surface area (Å²) >= 11 is 0. The minimum absolute atomic E-state index is 0. The molecule has 3 heteroatoms. The summed E-state index contributed by atoms with van der Waals surface area (Å²) in [7, 11) is 1.97. The van der Waals surface area contributed by atoms with Crippen molar-refractivity contribution in [1.82, 2.24) is 5.32 Å². The summed E-state index contributed by atoms with van der Waals surface area (Å²) in [6.45, 7) is 0. The number of rotatable bonds is 2. The molecule has 2 rings (SSSR count). The van der Waals surface area contributed by atoms with E-state index in [-0.39, 0.29) is 18.2 Å². The first kappa shape index (κ1) is 10.5. The predicted molar refractivity (Wildman–Crippen MR) is 53.9 cm³/mol. The van der Waals surface area contributed by atoms with Crippen LogP contribution in [0.5, 0.6) is 0 Å². The lowest BCUT2D eigenvalue weighted by Crippen LogP contribution is -2.10. The average molecular weight is 202 g/mol. The minimum atomic E-state index is -0.152. The standard InChI is InChI=1S/C10H12FN.ClH/c1-12-10-6-9(10)7-2-4-8(11)5-3-7;/h2-5,9-10,12H,6H2,1H3;1H. The second-order valence-corrected chi connectivity index (χ2v) is 3.29. The van der Waals surface area contributed by atoms with Gasteiger partial charge in [0, 0.05) is 12.0 Å². The first-order valence-electron chi connectivity index (χ1n) is 4.24. The molecule has 1 aromatic rings. The summed E-state index contributed by atoms with van der Waals surface area (Å²) in [4.78, 5) is 0. The van der Waals surface area contributed by atoms with Crippen molar-refractivity contribution in [1.29, 1.82) is 0 Å². The fourth-order valence-corrected chi connectivity index (χ4v) is 1.59. The largest absolute Gasteiger partial charge is 0.316 e. The first-order chi connectivity index (χ1) is 5.81. The van der Waals surface area contributed by atoms with E-state index < -0.39 is 0 Å². The highest BCUT2D eigenvalue weighted by atomic mass is 35.5. The highest BCUT2D eigenvalue weighted by Gasteiger charge is 2.36. The summed E-state index contributed by atoms with van der Waals surface area (Å²) in [5.41, 5.74) is 1.25. The maximum atomic E-state index is 12.5. The third-order valence-corrected chi connectivity index (χ3v) is 2.46. The van der Waals surface area contributed by atoms with Gasteiger partial charge in [0.1, 0.15) is 5.82 Å². The molecule has 1 aliphatic rings. The van der Waals surface area contributed by atoms with Gasteiger partial charge in [-0.25, -0.2) is 4.39 Å². The van der Waals surface area contributed by atoms with Crippen LogP contribution >= 0.6 is 12.4 Å². The smallest absolute Gasteiger partial charge is 0.123 e. The predicted octanol–water partition coefficient (Wildman–Crippen LogP) is 2.32. The molecule has 2 unspecified atom stereocenters. The SMILES string of the molecule is CNC1CC1c1ccc(F)cc1.Cl. The van der Waals surface area contributed by atoms with Gasteiger partial charge in [-0.1, -0.05) is 12.1 Å². The van der Waals surface area contributed by atoms with Crippen LogP contribution in [0.4, 0.5) is 4.39 Å². The number of halogens is 2. The Morgan fingerprint density at radius 3 is 2.38 bits per heavy atom. The molecule has 1 saturated carbocycles. The van der Waals surface area contributed by atoms with E-state index >= 15 is 0 Å². The van der Waals surface area contributed by atoms with E-state index in [1.54, 1.807) is 0 Å². The molecule has 13 heavy (non-hydrogen) atoms. The van der Waals surface area contributed by atoms with Gasteiger partial charge in [-0.05, 0) is 31.2 Å². The molecule has 1 aliphatic carbocycles.